The summed E-state index contributed by atoms with van der Waals surface area (Å²) in [4.78, 5) is 6.82. The Morgan fingerprint density at radius 3 is 2.68 bits per heavy atom. The third-order valence-electron chi connectivity index (χ3n) is 3.62. The number of hydrogen-bond acceptors (Lipinski definition) is 4. The Balaban J connectivity index is 2.47. The lowest BCUT2D eigenvalue weighted by Gasteiger charge is -2.16. The molecule has 0 unspecified atom stereocenters. The van der Waals surface area contributed by atoms with Crippen molar-refractivity contribution in [1.29, 1.82) is 0 Å². The topological polar surface area (TPSA) is 58.1 Å². The lowest BCUT2D eigenvalue weighted by atomic mass is 10.2. The van der Waals surface area contributed by atoms with Crippen LogP contribution in [0.2, 0.25) is 0 Å². The molecule has 0 heterocycles. The number of ether oxygens (including phenoxy) is 2. The van der Waals surface area contributed by atoms with Crippen LogP contribution in [0, 0.1) is 0 Å². The summed E-state index contributed by atoms with van der Waals surface area (Å²) < 4.78 is 10.9. The average Bonchev–Trinajstić information content (AvgIpc) is 2.62. The monoisotopic (exact) mass is 350 g/mol. The van der Waals surface area contributed by atoms with Gasteiger partial charge in [0.15, 0.2) is 5.96 Å². The Morgan fingerprint density at radius 2 is 1.96 bits per heavy atom. The maximum absolute atomic E-state index is 5.85. The maximum Gasteiger partial charge on any atom is 0.191 e. The van der Waals surface area contributed by atoms with Gasteiger partial charge in [-0.25, -0.2) is 4.99 Å². The number of likely N-dealkylation sites (N-methyl/N-ethyl adjacent to an activating group) is 1. The Labute approximate surface area is 152 Å². The zero-order valence-electron chi connectivity index (χ0n) is 16.2. The van der Waals surface area contributed by atoms with Gasteiger partial charge in [-0.2, -0.15) is 0 Å². The highest BCUT2D eigenvalue weighted by molar-refractivity contribution is 5.79. The van der Waals surface area contributed by atoms with Crippen LogP contribution in [-0.2, 0) is 11.3 Å². The first-order chi connectivity index (χ1) is 12.2. The average molecular weight is 351 g/mol. The van der Waals surface area contributed by atoms with E-state index in [0.29, 0.717) is 13.2 Å². The van der Waals surface area contributed by atoms with E-state index in [-0.39, 0.29) is 0 Å². The fourth-order valence-electron chi connectivity index (χ4n) is 2.17. The molecule has 1 aromatic rings. The predicted octanol–water partition coefficient (Wildman–Crippen LogP) is 2.11. The van der Waals surface area contributed by atoms with Crippen LogP contribution in [0.15, 0.2) is 29.3 Å². The van der Waals surface area contributed by atoms with Crippen molar-refractivity contribution in [3.05, 3.63) is 29.8 Å². The lowest BCUT2D eigenvalue weighted by Crippen LogP contribution is -2.37. The molecular weight excluding hydrogens is 316 g/mol. The molecule has 142 valence electrons. The van der Waals surface area contributed by atoms with Gasteiger partial charge in [0.05, 0.1) is 13.2 Å². The number of nitrogens with one attached hydrogen (secondary N) is 2. The molecule has 0 amide bonds. The van der Waals surface area contributed by atoms with Crippen molar-refractivity contribution in [3.8, 4) is 5.75 Å². The molecule has 2 N–H and O–H groups in total. The summed E-state index contributed by atoms with van der Waals surface area (Å²) in [5.41, 5.74) is 1.14. The zero-order chi connectivity index (χ0) is 18.3. The fourth-order valence-corrected chi connectivity index (χ4v) is 2.17. The van der Waals surface area contributed by atoms with Gasteiger partial charge < -0.3 is 25.0 Å². The number of benzene rings is 1. The van der Waals surface area contributed by atoms with E-state index in [0.717, 1.165) is 56.5 Å². The molecule has 0 saturated carbocycles. The molecule has 1 aromatic carbocycles. The lowest BCUT2D eigenvalue weighted by molar-refractivity contribution is 0.150. The van der Waals surface area contributed by atoms with E-state index in [4.69, 9.17) is 9.47 Å². The molecule has 0 aliphatic carbocycles. The molecule has 25 heavy (non-hydrogen) atoms. The van der Waals surface area contributed by atoms with Gasteiger partial charge >= 0.3 is 0 Å². The van der Waals surface area contributed by atoms with Crippen LogP contribution in [0.25, 0.3) is 0 Å². The molecule has 0 aliphatic rings. The number of nitrogens with zero attached hydrogens (tertiary/aromatic N) is 2. The highest BCUT2D eigenvalue weighted by Gasteiger charge is 2.01. The Morgan fingerprint density at radius 1 is 1.16 bits per heavy atom. The second-order valence-electron chi connectivity index (χ2n) is 5.91. The van der Waals surface area contributed by atoms with Gasteiger partial charge in [0.2, 0.25) is 0 Å². The standard InChI is InChI=1S/C19H34N4O2/c1-5-10-21-19(20-6-2)22-16-17-8-7-9-18(15-17)25-14-12-23(3)11-13-24-4/h7-9,15H,5-6,10-14,16H2,1-4H3,(H2,20,21,22). The first kappa shape index (κ1) is 21.3. The van der Waals surface area contributed by atoms with Gasteiger partial charge in [-0.1, -0.05) is 19.1 Å². The molecule has 6 heteroatoms. The van der Waals surface area contributed by atoms with E-state index in [2.05, 4.69) is 53.6 Å². The molecule has 0 aromatic heterocycles. The fraction of sp³-hybridized carbons (Fsp3) is 0.632. The van der Waals surface area contributed by atoms with Crippen molar-refractivity contribution in [2.75, 3.05) is 53.6 Å². The largest absolute Gasteiger partial charge is 0.492 e. The number of guanidine groups is 1. The molecular formula is C19H34N4O2. The number of methoxy groups -OCH3 is 1. The van der Waals surface area contributed by atoms with Gasteiger partial charge in [0, 0.05) is 33.3 Å². The van der Waals surface area contributed by atoms with E-state index < -0.39 is 0 Å². The molecule has 0 spiro atoms. The zero-order valence-corrected chi connectivity index (χ0v) is 16.2. The molecule has 0 saturated heterocycles. The second-order valence-corrected chi connectivity index (χ2v) is 5.91. The summed E-state index contributed by atoms with van der Waals surface area (Å²) in [6, 6.07) is 8.14. The van der Waals surface area contributed by atoms with Crippen LogP contribution in [-0.4, -0.2) is 64.4 Å². The van der Waals surface area contributed by atoms with Crippen molar-refractivity contribution >= 4 is 5.96 Å². The predicted molar refractivity (Wildman–Crippen MR) is 104 cm³/mol. The van der Waals surface area contributed by atoms with Crippen LogP contribution < -0.4 is 15.4 Å². The van der Waals surface area contributed by atoms with Gasteiger partial charge in [0.25, 0.3) is 0 Å². The van der Waals surface area contributed by atoms with Crippen molar-refractivity contribution in [3.63, 3.8) is 0 Å². The Kier molecular flexibility index (Phi) is 11.5. The minimum atomic E-state index is 0.629. The summed E-state index contributed by atoms with van der Waals surface area (Å²) in [5, 5.41) is 6.57. The first-order valence-electron chi connectivity index (χ1n) is 9.11. The van der Waals surface area contributed by atoms with Crippen LogP contribution in [0.4, 0.5) is 0 Å². The molecule has 0 atom stereocenters. The molecule has 0 aliphatic heterocycles. The van der Waals surface area contributed by atoms with Crippen LogP contribution in [0.1, 0.15) is 25.8 Å². The van der Waals surface area contributed by atoms with Gasteiger partial charge in [-0.05, 0) is 38.1 Å². The Bertz CT molecular complexity index is 494. The summed E-state index contributed by atoms with van der Waals surface area (Å²) in [5.74, 6) is 1.75. The van der Waals surface area contributed by atoms with E-state index in [9.17, 15) is 0 Å². The summed E-state index contributed by atoms with van der Waals surface area (Å²) in [7, 11) is 3.79. The highest BCUT2D eigenvalue weighted by Crippen LogP contribution is 2.14. The second kappa shape index (κ2) is 13.5. The van der Waals surface area contributed by atoms with Crippen LogP contribution >= 0.6 is 0 Å². The van der Waals surface area contributed by atoms with Gasteiger partial charge in [-0.3, -0.25) is 0 Å². The van der Waals surface area contributed by atoms with Crippen molar-refractivity contribution in [2.24, 2.45) is 4.99 Å². The van der Waals surface area contributed by atoms with Gasteiger partial charge in [0.1, 0.15) is 12.4 Å². The molecule has 6 nitrogen and oxygen atoms in total. The van der Waals surface area contributed by atoms with Crippen molar-refractivity contribution < 1.29 is 9.47 Å². The number of hydrogen-bond donors (Lipinski definition) is 2. The minimum absolute atomic E-state index is 0.629. The summed E-state index contributed by atoms with van der Waals surface area (Å²) in [6.45, 7) is 9.80. The molecule has 0 bridgehead atoms. The summed E-state index contributed by atoms with van der Waals surface area (Å²) >= 11 is 0. The third kappa shape index (κ3) is 9.94. The maximum atomic E-state index is 5.85. The van der Waals surface area contributed by atoms with E-state index in [1.54, 1.807) is 7.11 Å². The van der Waals surface area contributed by atoms with E-state index in [1.807, 2.05) is 12.1 Å². The Hall–Kier alpha value is -1.79. The quantitative estimate of drug-likeness (QED) is 0.447. The SMILES string of the molecule is CCCNC(=NCc1cccc(OCCN(C)CCOC)c1)NCC. The normalized spacial score (nSPS) is 11.6. The minimum Gasteiger partial charge on any atom is -0.492 e. The summed E-state index contributed by atoms with van der Waals surface area (Å²) in [6.07, 6.45) is 1.08. The number of rotatable bonds is 12. The van der Waals surface area contributed by atoms with Gasteiger partial charge in [-0.15, -0.1) is 0 Å². The molecule has 0 radical (unpaired) electrons. The third-order valence-corrected chi connectivity index (χ3v) is 3.62. The first-order valence-corrected chi connectivity index (χ1v) is 9.11. The number of aliphatic imine (C=N–C) groups is 1. The molecule has 0 fully saturated rings. The van der Waals surface area contributed by atoms with E-state index >= 15 is 0 Å². The van der Waals surface area contributed by atoms with E-state index in [1.165, 1.54) is 0 Å². The van der Waals surface area contributed by atoms with Crippen LogP contribution in [0.5, 0.6) is 5.75 Å². The highest BCUT2D eigenvalue weighted by atomic mass is 16.5. The smallest absolute Gasteiger partial charge is 0.191 e. The van der Waals surface area contributed by atoms with Crippen molar-refractivity contribution in [2.45, 2.75) is 26.8 Å². The van der Waals surface area contributed by atoms with Crippen molar-refractivity contribution in [1.82, 2.24) is 15.5 Å². The molecule has 1 rings (SSSR count). The van der Waals surface area contributed by atoms with Crippen LogP contribution in [0.3, 0.4) is 0 Å².